The fourth-order valence-corrected chi connectivity index (χ4v) is 1.41. The number of nitrogens with zero attached hydrogens (tertiary/aromatic N) is 1. The summed E-state index contributed by atoms with van der Waals surface area (Å²) in [5, 5.41) is 2.99. The van der Waals surface area contributed by atoms with Gasteiger partial charge in [-0.15, -0.1) is 0 Å². The van der Waals surface area contributed by atoms with Crippen molar-refractivity contribution in [2.24, 2.45) is 0 Å². The van der Waals surface area contributed by atoms with Crippen molar-refractivity contribution in [3.63, 3.8) is 0 Å². The van der Waals surface area contributed by atoms with E-state index in [1.807, 2.05) is 0 Å². The molecule has 0 amide bonds. The minimum absolute atomic E-state index is 0.0506. The SMILES string of the molecule is CC1NCCN(C(F)(F)F)C1C. The Kier molecular flexibility index (Phi) is 2.63. The first-order chi connectivity index (χ1) is 5.43. The van der Waals surface area contributed by atoms with Crippen LogP contribution in [0.15, 0.2) is 0 Å². The van der Waals surface area contributed by atoms with E-state index in [-0.39, 0.29) is 12.6 Å². The number of hydrogen-bond acceptors (Lipinski definition) is 2. The Morgan fingerprint density at radius 3 is 2.33 bits per heavy atom. The van der Waals surface area contributed by atoms with Crippen molar-refractivity contribution in [3.05, 3.63) is 0 Å². The topological polar surface area (TPSA) is 15.3 Å². The maximum Gasteiger partial charge on any atom is 0.460 e. The minimum atomic E-state index is -4.18. The summed E-state index contributed by atoms with van der Waals surface area (Å²) in [5.74, 6) is 0. The van der Waals surface area contributed by atoms with Crippen molar-refractivity contribution in [1.82, 2.24) is 10.2 Å². The normalized spacial score (nSPS) is 33.8. The van der Waals surface area contributed by atoms with Crippen LogP contribution in [0.5, 0.6) is 0 Å². The summed E-state index contributed by atoms with van der Waals surface area (Å²) in [6.07, 6.45) is -4.18. The molecule has 0 bridgehead atoms. The summed E-state index contributed by atoms with van der Waals surface area (Å²) in [5.41, 5.74) is 0. The van der Waals surface area contributed by atoms with Crippen molar-refractivity contribution in [2.45, 2.75) is 32.2 Å². The first-order valence-electron chi connectivity index (χ1n) is 4.00. The summed E-state index contributed by atoms with van der Waals surface area (Å²) >= 11 is 0. The van der Waals surface area contributed by atoms with Gasteiger partial charge in [-0.1, -0.05) is 0 Å². The zero-order chi connectivity index (χ0) is 9.35. The molecule has 2 unspecified atom stereocenters. The molecule has 0 aromatic rings. The van der Waals surface area contributed by atoms with Crippen LogP contribution in [0.2, 0.25) is 0 Å². The lowest BCUT2D eigenvalue weighted by atomic mass is 10.1. The summed E-state index contributed by atoms with van der Waals surface area (Å²) < 4.78 is 36.8. The third-order valence-electron chi connectivity index (χ3n) is 2.36. The Balaban J connectivity index is 2.64. The predicted octanol–water partition coefficient (Wildman–Crippen LogP) is 1.19. The van der Waals surface area contributed by atoms with E-state index in [2.05, 4.69) is 5.32 Å². The highest BCUT2D eigenvalue weighted by molar-refractivity contribution is 4.84. The van der Waals surface area contributed by atoms with Crippen molar-refractivity contribution < 1.29 is 13.2 Å². The van der Waals surface area contributed by atoms with Gasteiger partial charge in [0, 0.05) is 25.2 Å². The van der Waals surface area contributed by atoms with Gasteiger partial charge in [0.05, 0.1) is 0 Å². The molecule has 72 valence electrons. The average Bonchev–Trinajstić information content (AvgIpc) is 1.92. The van der Waals surface area contributed by atoms with Gasteiger partial charge >= 0.3 is 6.30 Å². The summed E-state index contributed by atoms with van der Waals surface area (Å²) in [4.78, 5) is 0.578. The molecule has 0 aliphatic carbocycles. The average molecular weight is 182 g/mol. The molecule has 1 aliphatic heterocycles. The van der Waals surface area contributed by atoms with Crippen molar-refractivity contribution >= 4 is 0 Å². The lowest BCUT2D eigenvalue weighted by Crippen LogP contribution is -2.59. The Morgan fingerprint density at radius 1 is 1.33 bits per heavy atom. The molecule has 1 aliphatic rings. The first-order valence-corrected chi connectivity index (χ1v) is 4.00. The van der Waals surface area contributed by atoms with E-state index in [0.29, 0.717) is 11.4 Å². The standard InChI is InChI=1S/C7H13F3N2/c1-5-6(2)12(4-3-11-5)7(8,9)10/h5-6,11H,3-4H2,1-2H3. The Morgan fingerprint density at radius 2 is 1.92 bits per heavy atom. The maximum atomic E-state index is 12.3. The monoisotopic (exact) mass is 182 g/mol. The van der Waals surface area contributed by atoms with Gasteiger partial charge in [0.15, 0.2) is 0 Å². The molecule has 1 N–H and O–H groups in total. The van der Waals surface area contributed by atoms with Gasteiger partial charge in [0.25, 0.3) is 0 Å². The molecule has 0 saturated carbocycles. The van der Waals surface area contributed by atoms with Gasteiger partial charge < -0.3 is 5.32 Å². The molecule has 2 nitrogen and oxygen atoms in total. The van der Waals surface area contributed by atoms with Crippen LogP contribution in [-0.4, -0.2) is 36.4 Å². The van der Waals surface area contributed by atoms with Crippen LogP contribution < -0.4 is 5.32 Å². The fourth-order valence-electron chi connectivity index (χ4n) is 1.41. The van der Waals surface area contributed by atoms with Crippen molar-refractivity contribution in [2.75, 3.05) is 13.1 Å². The van der Waals surface area contributed by atoms with Gasteiger partial charge in [-0.3, -0.25) is 0 Å². The van der Waals surface area contributed by atoms with Crippen LogP contribution in [0, 0.1) is 0 Å². The molecular weight excluding hydrogens is 169 g/mol. The van der Waals surface area contributed by atoms with Crippen molar-refractivity contribution in [3.8, 4) is 0 Å². The van der Waals surface area contributed by atoms with E-state index in [1.165, 1.54) is 0 Å². The lowest BCUT2D eigenvalue weighted by Gasteiger charge is -2.39. The van der Waals surface area contributed by atoms with Gasteiger partial charge in [0.2, 0.25) is 0 Å². The van der Waals surface area contributed by atoms with Crippen LogP contribution in [0.4, 0.5) is 13.2 Å². The van der Waals surface area contributed by atoms with E-state index < -0.39 is 12.3 Å². The highest BCUT2D eigenvalue weighted by atomic mass is 19.4. The zero-order valence-corrected chi connectivity index (χ0v) is 7.15. The quantitative estimate of drug-likeness (QED) is 0.566. The molecular formula is C7H13F3N2. The van der Waals surface area contributed by atoms with Crippen LogP contribution in [0.3, 0.4) is 0 Å². The number of rotatable bonds is 0. The molecule has 1 saturated heterocycles. The molecule has 12 heavy (non-hydrogen) atoms. The maximum absolute atomic E-state index is 12.3. The summed E-state index contributed by atoms with van der Waals surface area (Å²) in [6.45, 7) is 3.81. The number of nitrogens with one attached hydrogen (secondary N) is 1. The third kappa shape index (κ3) is 1.90. The molecule has 0 radical (unpaired) electrons. The second kappa shape index (κ2) is 3.22. The van der Waals surface area contributed by atoms with Crippen LogP contribution in [0.1, 0.15) is 13.8 Å². The van der Waals surface area contributed by atoms with E-state index in [0.717, 1.165) is 0 Å². The van der Waals surface area contributed by atoms with Crippen molar-refractivity contribution in [1.29, 1.82) is 0 Å². The fraction of sp³-hybridized carbons (Fsp3) is 1.00. The second-order valence-electron chi connectivity index (χ2n) is 3.14. The molecule has 1 rings (SSSR count). The third-order valence-corrected chi connectivity index (χ3v) is 2.36. The van der Waals surface area contributed by atoms with Gasteiger partial charge in [-0.2, -0.15) is 13.2 Å². The molecule has 1 heterocycles. The van der Waals surface area contributed by atoms with E-state index in [1.54, 1.807) is 13.8 Å². The van der Waals surface area contributed by atoms with Crippen LogP contribution >= 0.6 is 0 Å². The number of alkyl halides is 3. The minimum Gasteiger partial charge on any atom is -0.311 e. The number of halogens is 3. The Hall–Kier alpha value is -0.290. The van der Waals surface area contributed by atoms with Gasteiger partial charge in [-0.05, 0) is 13.8 Å². The van der Waals surface area contributed by atoms with Gasteiger partial charge in [0.1, 0.15) is 0 Å². The van der Waals surface area contributed by atoms with Crippen LogP contribution in [-0.2, 0) is 0 Å². The summed E-state index contributed by atoms with van der Waals surface area (Å²) in [6, 6.07) is -0.570. The number of piperazine rings is 1. The van der Waals surface area contributed by atoms with E-state index >= 15 is 0 Å². The van der Waals surface area contributed by atoms with E-state index in [9.17, 15) is 13.2 Å². The summed E-state index contributed by atoms with van der Waals surface area (Å²) in [7, 11) is 0. The first kappa shape index (κ1) is 9.80. The lowest BCUT2D eigenvalue weighted by molar-refractivity contribution is -0.263. The Labute approximate surface area is 69.7 Å². The smallest absolute Gasteiger partial charge is 0.311 e. The Bertz CT molecular complexity index is 157. The zero-order valence-electron chi connectivity index (χ0n) is 7.15. The second-order valence-corrected chi connectivity index (χ2v) is 3.14. The van der Waals surface area contributed by atoms with Crippen LogP contribution in [0.25, 0.3) is 0 Å². The highest BCUT2D eigenvalue weighted by Crippen LogP contribution is 2.25. The predicted molar refractivity (Wildman–Crippen MR) is 39.7 cm³/mol. The molecule has 1 fully saturated rings. The highest BCUT2D eigenvalue weighted by Gasteiger charge is 2.43. The van der Waals surface area contributed by atoms with Gasteiger partial charge in [-0.25, -0.2) is 4.90 Å². The molecule has 2 atom stereocenters. The number of hydrogen-bond donors (Lipinski definition) is 1. The molecule has 0 spiro atoms. The molecule has 0 aromatic heterocycles. The molecule has 5 heteroatoms. The van der Waals surface area contributed by atoms with E-state index in [4.69, 9.17) is 0 Å². The molecule has 0 aromatic carbocycles. The largest absolute Gasteiger partial charge is 0.460 e.